The van der Waals surface area contributed by atoms with Crippen molar-refractivity contribution < 1.29 is 43.0 Å². The normalized spacial score (nSPS) is 11.0. The third-order valence-electron chi connectivity index (χ3n) is 6.11. The first-order chi connectivity index (χ1) is 22.6. The standard InChI is InChI=1S/C27H42N6O8.C4H10N2O/c1-16(2)24(33-22(35)8-12-40-11-7-21(29)34)26(38)31-14-23(36)32-19-6-5-18(15-41-27(39)17(3)4)20(13-19)25(37)30-10-9-28;1-2-3-6-4(5)7/h5-6,13,16-17,24H,7-12,14-15,28H2,1-4H3,(H2,29,34)(H,30,37)(H,31,38)(H,32,36)(H,33,35);2-3H2,1H3,(H3,5,6,7). The Morgan fingerprint density at radius 1 is 0.854 bits per heavy atom. The maximum Gasteiger partial charge on any atom is 0.312 e. The molecule has 0 aliphatic carbocycles. The number of urea groups is 1. The van der Waals surface area contributed by atoms with Crippen molar-refractivity contribution >= 4 is 47.2 Å². The van der Waals surface area contributed by atoms with E-state index in [-0.39, 0.29) is 68.8 Å². The highest BCUT2D eigenvalue weighted by molar-refractivity contribution is 5.99. The molecule has 0 saturated carbocycles. The van der Waals surface area contributed by atoms with Crippen LogP contribution in [-0.4, -0.2) is 87.0 Å². The minimum atomic E-state index is -0.897. The van der Waals surface area contributed by atoms with Crippen LogP contribution >= 0.6 is 0 Å². The van der Waals surface area contributed by atoms with Crippen molar-refractivity contribution in [1.82, 2.24) is 21.3 Å². The summed E-state index contributed by atoms with van der Waals surface area (Å²) in [4.78, 5) is 82.6. The summed E-state index contributed by atoms with van der Waals surface area (Å²) in [6.45, 7) is 9.59. The van der Waals surface area contributed by atoms with Crippen LogP contribution < -0.4 is 43.8 Å². The van der Waals surface area contributed by atoms with E-state index in [0.29, 0.717) is 12.1 Å². The van der Waals surface area contributed by atoms with Crippen LogP contribution in [0.3, 0.4) is 0 Å². The number of benzene rings is 1. The van der Waals surface area contributed by atoms with Crippen molar-refractivity contribution in [1.29, 1.82) is 0 Å². The fourth-order valence-corrected chi connectivity index (χ4v) is 3.54. The number of esters is 1. The predicted molar refractivity (Wildman–Crippen MR) is 178 cm³/mol. The number of primary amides is 2. The Morgan fingerprint density at radius 2 is 1.52 bits per heavy atom. The van der Waals surface area contributed by atoms with Crippen molar-refractivity contribution in [3.63, 3.8) is 0 Å². The molecule has 1 rings (SSSR count). The van der Waals surface area contributed by atoms with Crippen LogP contribution in [0.5, 0.6) is 0 Å². The summed E-state index contributed by atoms with van der Waals surface area (Å²) in [6, 6.07) is 3.20. The molecule has 1 aromatic rings. The number of hydrogen-bond acceptors (Lipinski definition) is 10. The largest absolute Gasteiger partial charge is 0.461 e. The summed E-state index contributed by atoms with van der Waals surface area (Å²) in [5.74, 6) is -3.54. The van der Waals surface area contributed by atoms with Gasteiger partial charge in [0, 0.05) is 49.3 Å². The van der Waals surface area contributed by atoms with Gasteiger partial charge in [-0.3, -0.25) is 28.8 Å². The van der Waals surface area contributed by atoms with Gasteiger partial charge in [0.1, 0.15) is 12.6 Å². The number of hydrogen-bond donors (Lipinski definition) is 8. The van der Waals surface area contributed by atoms with Crippen molar-refractivity contribution in [3.8, 4) is 0 Å². The molecular weight excluding hydrogens is 628 g/mol. The van der Waals surface area contributed by atoms with Crippen molar-refractivity contribution in [2.75, 3.05) is 44.7 Å². The topological polar surface area (TPSA) is 276 Å². The number of nitrogens with one attached hydrogen (secondary N) is 5. The Bertz CT molecular complexity index is 1220. The van der Waals surface area contributed by atoms with Crippen LogP contribution in [-0.2, 0) is 40.1 Å². The monoisotopic (exact) mass is 680 g/mol. The first-order valence-corrected chi connectivity index (χ1v) is 15.7. The number of nitrogens with two attached hydrogens (primary N) is 3. The van der Waals surface area contributed by atoms with Gasteiger partial charge < -0.3 is 53.3 Å². The second kappa shape index (κ2) is 24.4. The van der Waals surface area contributed by atoms with Gasteiger partial charge in [0.2, 0.25) is 23.6 Å². The zero-order valence-electron chi connectivity index (χ0n) is 28.4. The van der Waals surface area contributed by atoms with Gasteiger partial charge in [0.15, 0.2) is 0 Å². The minimum absolute atomic E-state index is 0.0242. The van der Waals surface area contributed by atoms with Gasteiger partial charge in [0.05, 0.1) is 25.7 Å². The molecule has 0 aromatic heterocycles. The summed E-state index contributed by atoms with van der Waals surface area (Å²) in [5.41, 5.74) is 16.1. The highest BCUT2D eigenvalue weighted by atomic mass is 16.5. The molecule has 0 radical (unpaired) electrons. The van der Waals surface area contributed by atoms with Crippen molar-refractivity contribution in [3.05, 3.63) is 29.3 Å². The lowest BCUT2D eigenvalue weighted by molar-refractivity contribution is -0.148. The summed E-state index contributed by atoms with van der Waals surface area (Å²) in [7, 11) is 0. The zero-order valence-corrected chi connectivity index (χ0v) is 28.4. The van der Waals surface area contributed by atoms with Gasteiger partial charge >= 0.3 is 12.0 Å². The van der Waals surface area contributed by atoms with Crippen LogP contribution in [0.25, 0.3) is 0 Å². The highest BCUT2D eigenvalue weighted by Gasteiger charge is 2.24. The molecule has 0 spiro atoms. The average Bonchev–Trinajstić information content (AvgIpc) is 3.02. The molecule has 0 bridgehead atoms. The molecular formula is C31H52N8O9. The molecule has 0 aliphatic heterocycles. The van der Waals surface area contributed by atoms with E-state index in [4.69, 9.17) is 26.7 Å². The molecule has 1 atom stereocenters. The summed E-state index contributed by atoms with van der Waals surface area (Å²) in [5, 5.41) is 12.8. The Kier molecular flexibility index (Phi) is 22.0. The molecule has 0 aliphatic rings. The van der Waals surface area contributed by atoms with Gasteiger partial charge in [-0.1, -0.05) is 40.7 Å². The predicted octanol–water partition coefficient (Wildman–Crippen LogP) is -0.383. The lowest BCUT2D eigenvalue weighted by Gasteiger charge is -2.21. The van der Waals surface area contributed by atoms with Crippen LogP contribution in [0.2, 0.25) is 0 Å². The second-order valence-corrected chi connectivity index (χ2v) is 11.1. The van der Waals surface area contributed by atoms with E-state index in [9.17, 15) is 33.6 Å². The third kappa shape index (κ3) is 19.7. The SMILES string of the molecule is CC(C)C(=O)OCc1ccc(NC(=O)CNC(=O)C(NC(=O)CCOCCC(N)=O)C(C)C)cc1C(=O)NCCN.CCCNC(N)=O. The molecule has 0 saturated heterocycles. The van der Waals surface area contributed by atoms with Gasteiger partial charge in [-0.25, -0.2) is 4.79 Å². The molecule has 11 N–H and O–H groups in total. The van der Waals surface area contributed by atoms with Crippen LogP contribution in [0.15, 0.2) is 18.2 Å². The van der Waals surface area contributed by atoms with E-state index < -0.39 is 54.1 Å². The third-order valence-corrected chi connectivity index (χ3v) is 6.11. The lowest BCUT2D eigenvalue weighted by Crippen LogP contribution is -2.51. The van der Waals surface area contributed by atoms with E-state index >= 15 is 0 Å². The maximum atomic E-state index is 12.7. The van der Waals surface area contributed by atoms with Gasteiger partial charge in [-0.2, -0.15) is 0 Å². The number of ether oxygens (including phenoxy) is 2. The number of rotatable bonds is 20. The maximum absolute atomic E-state index is 12.7. The fraction of sp³-hybridized carbons (Fsp3) is 0.581. The quantitative estimate of drug-likeness (QED) is 0.0653. The highest BCUT2D eigenvalue weighted by Crippen LogP contribution is 2.18. The smallest absolute Gasteiger partial charge is 0.312 e. The molecule has 1 aromatic carbocycles. The van der Waals surface area contributed by atoms with Gasteiger partial charge in [0.25, 0.3) is 5.91 Å². The lowest BCUT2D eigenvalue weighted by atomic mass is 10.0. The molecule has 17 nitrogen and oxygen atoms in total. The Morgan fingerprint density at radius 3 is 2.06 bits per heavy atom. The van der Waals surface area contributed by atoms with E-state index in [1.165, 1.54) is 6.07 Å². The molecule has 270 valence electrons. The molecule has 7 amide bonds. The number of anilines is 1. The molecule has 0 fully saturated rings. The number of amides is 7. The van der Waals surface area contributed by atoms with Gasteiger partial charge in [-0.05, 0) is 24.5 Å². The Hall–Kier alpha value is -4.77. The summed E-state index contributed by atoms with van der Waals surface area (Å²) < 4.78 is 10.4. The van der Waals surface area contributed by atoms with Crippen molar-refractivity contribution in [2.45, 2.75) is 66.5 Å². The van der Waals surface area contributed by atoms with Crippen LogP contribution in [0.4, 0.5) is 10.5 Å². The Balaban J connectivity index is 0.00000282. The van der Waals surface area contributed by atoms with Crippen LogP contribution in [0.1, 0.15) is 69.8 Å². The van der Waals surface area contributed by atoms with Crippen LogP contribution in [0, 0.1) is 11.8 Å². The summed E-state index contributed by atoms with van der Waals surface area (Å²) >= 11 is 0. The average molecular weight is 681 g/mol. The van der Waals surface area contributed by atoms with E-state index in [2.05, 4.69) is 26.6 Å². The molecule has 17 heteroatoms. The van der Waals surface area contributed by atoms with Crippen molar-refractivity contribution in [2.24, 2.45) is 29.0 Å². The second-order valence-electron chi connectivity index (χ2n) is 11.1. The Labute approximate surface area is 281 Å². The van der Waals surface area contributed by atoms with E-state index in [1.807, 2.05) is 6.92 Å². The molecule has 1 unspecified atom stereocenters. The zero-order chi connectivity index (χ0) is 36.6. The van der Waals surface area contributed by atoms with E-state index in [0.717, 1.165) is 6.42 Å². The number of carbonyl (C=O) groups excluding carboxylic acids is 7. The molecule has 48 heavy (non-hydrogen) atoms. The minimum Gasteiger partial charge on any atom is -0.461 e. The first-order valence-electron chi connectivity index (χ1n) is 15.7. The van der Waals surface area contributed by atoms with Gasteiger partial charge in [-0.15, -0.1) is 0 Å². The molecule has 0 heterocycles. The fourth-order valence-electron chi connectivity index (χ4n) is 3.54. The van der Waals surface area contributed by atoms with E-state index in [1.54, 1.807) is 39.8 Å². The first kappa shape index (κ1) is 43.2. The number of carbonyl (C=O) groups is 7. The summed E-state index contributed by atoms with van der Waals surface area (Å²) in [6.07, 6.45) is 0.952.